The van der Waals surface area contributed by atoms with E-state index in [1.165, 1.54) is 22.4 Å². The molecule has 3 aromatic carbocycles. The summed E-state index contributed by atoms with van der Waals surface area (Å²) in [4.78, 5) is 4.66. The molecule has 0 bridgehead atoms. The van der Waals surface area contributed by atoms with E-state index in [0.717, 1.165) is 38.3 Å². The number of aromatic hydroxyl groups is 1. The van der Waals surface area contributed by atoms with E-state index in [0.29, 0.717) is 12.2 Å². The van der Waals surface area contributed by atoms with Gasteiger partial charge in [0.15, 0.2) is 0 Å². The standard InChI is InChI=1S/C27H29FN2O2/c28-14-4-15-29-18-25(19-29)32-24-10-7-20(8-11-24)27-26-12-9-23(31)17-21(26)13-16-30(27)22-5-2-1-3-6-22/h1-3,5-12,17,25,27,31H,4,13-16,18-19H2. The molecule has 1 fully saturated rings. The molecule has 0 radical (unpaired) electrons. The monoisotopic (exact) mass is 432 g/mol. The summed E-state index contributed by atoms with van der Waals surface area (Å²) < 4.78 is 18.4. The summed E-state index contributed by atoms with van der Waals surface area (Å²) in [5.74, 6) is 1.19. The fraction of sp³-hybridized carbons (Fsp3) is 0.333. The van der Waals surface area contributed by atoms with Gasteiger partial charge < -0.3 is 14.7 Å². The van der Waals surface area contributed by atoms with E-state index in [9.17, 15) is 9.50 Å². The highest BCUT2D eigenvalue weighted by molar-refractivity contribution is 5.57. The number of hydrogen-bond acceptors (Lipinski definition) is 4. The Balaban J connectivity index is 1.36. The minimum absolute atomic E-state index is 0.0793. The van der Waals surface area contributed by atoms with Gasteiger partial charge in [-0.25, -0.2) is 0 Å². The molecule has 166 valence electrons. The third-order valence-electron chi connectivity index (χ3n) is 6.47. The van der Waals surface area contributed by atoms with Crippen LogP contribution in [-0.2, 0) is 6.42 Å². The van der Waals surface area contributed by atoms with Crippen LogP contribution in [0.2, 0.25) is 0 Å². The third kappa shape index (κ3) is 4.30. The SMILES string of the molecule is Oc1ccc2c(c1)CCN(c1ccccc1)C2c1ccc(OC2CN(CCCF)C2)cc1. The van der Waals surface area contributed by atoms with Crippen molar-refractivity contribution in [3.8, 4) is 11.5 Å². The number of nitrogens with zero attached hydrogens (tertiary/aromatic N) is 2. The van der Waals surface area contributed by atoms with Crippen LogP contribution in [0.3, 0.4) is 0 Å². The van der Waals surface area contributed by atoms with Crippen LogP contribution < -0.4 is 9.64 Å². The number of ether oxygens (including phenoxy) is 1. The van der Waals surface area contributed by atoms with E-state index >= 15 is 0 Å². The molecule has 1 N–H and O–H groups in total. The summed E-state index contributed by atoms with van der Waals surface area (Å²) in [6, 6.07) is 24.7. The number of fused-ring (bicyclic) bond motifs is 1. The highest BCUT2D eigenvalue weighted by Crippen LogP contribution is 2.39. The van der Waals surface area contributed by atoms with E-state index in [4.69, 9.17) is 4.74 Å². The Morgan fingerprint density at radius 1 is 0.969 bits per heavy atom. The van der Waals surface area contributed by atoms with Crippen molar-refractivity contribution in [2.75, 3.05) is 37.8 Å². The Hall–Kier alpha value is -3.05. The molecule has 0 aliphatic carbocycles. The molecule has 5 heteroatoms. The zero-order valence-electron chi connectivity index (χ0n) is 18.2. The lowest BCUT2D eigenvalue weighted by Crippen LogP contribution is -2.53. The Morgan fingerprint density at radius 3 is 2.50 bits per heavy atom. The van der Waals surface area contributed by atoms with Crippen molar-refractivity contribution in [1.82, 2.24) is 4.90 Å². The number of phenols is 1. The van der Waals surface area contributed by atoms with Gasteiger partial charge in [-0.3, -0.25) is 9.29 Å². The van der Waals surface area contributed by atoms with Gasteiger partial charge in [0.05, 0.1) is 12.7 Å². The highest BCUT2D eigenvalue weighted by Gasteiger charge is 2.30. The molecule has 0 saturated carbocycles. The molecule has 1 unspecified atom stereocenters. The van der Waals surface area contributed by atoms with Crippen LogP contribution in [-0.4, -0.2) is 49.0 Å². The molecular formula is C27H29FN2O2. The molecule has 2 heterocycles. The van der Waals surface area contributed by atoms with Gasteiger partial charge in [-0.05, 0) is 65.9 Å². The smallest absolute Gasteiger partial charge is 0.124 e. The van der Waals surface area contributed by atoms with E-state index in [-0.39, 0.29) is 18.8 Å². The van der Waals surface area contributed by atoms with Crippen molar-refractivity contribution in [2.24, 2.45) is 0 Å². The van der Waals surface area contributed by atoms with Gasteiger partial charge in [0.1, 0.15) is 17.6 Å². The molecule has 32 heavy (non-hydrogen) atoms. The first kappa shape index (κ1) is 20.8. The van der Waals surface area contributed by atoms with Crippen molar-refractivity contribution in [3.05, 3.63) is 89.5 Å². The van der Waals surface area contributed by atoms with Gasteiger partial charge in [0.2, 0.25) is 0 Å². The lowest BCUT2D eigenvalue weighted by atomic mass is 9.87. The van der Waals surface area contributed by atoms with Crippen LogP contribution in [0.5, 0.6) is 11.5 Å². The van der Waals surface area contributed by atoms with Gasteiger partial charge in [0.25, 0.3) is 0 Å². The number of anilines is 1. The van der Waals surface area contributed by atoms with Gasteiger partial charge >= 0.3 is 0 Å². The molecule has 0 amide bonds. The minimum Gasteiger partial charge on any atom is -0.508 e. The maximum Gasteiger partial charge on any atom is 0.124 e. The zero-order chi connectivity index (χ0) is 21.9. The fourth-order valence-electron chi connectivity index (χ4n) is 4.85. The Labute approximate surface area is 188 Å². The quantitative estimate of drug-likeness (QED) is 0.572. The number of alkyl halides is 1. The molecular weight excluding hydrogens is 403 g/mol. The average Bonchev–Trinajstić information content (AvgIpc) is 2.80. The number of hydrogen-bond donors (Lipinski definition) is 1. The second-order valence-corrected chi connectivity index (χ2v) is 8.68. The number of para-hydroxylation sites is 1. The number of rotatable bonds is 7. The van der Waals surface area contributed by atoms with Crippen LogP contribution in [0.15, 0.2) is 72.8 Å². The van der Waals surface area contributed by atoms with Crippen LogP contribution in [0, 0.1) is 0 Å². The van der Waals surface area contributed by atoms with E-state index in [1.54, 1.807) is 6.07 Å². The summed E-state index contributed by atoms with van der Waals surface area (Å²) in [5.41, 5.74) is 4.82. The fourth-order valence-corrected chi connectivity index (χ4v) is 4.85. The van der Waals surface area contributed by atoms with Crippen molar-refractivity contribution in [3.63, 3.8) is 0 Å². The van der Waals surface area contributed by atoms with Crippen LogP contribution >= 0.6 is 0 Å². The predicted molar refractivity (Wildman–Crippen MR) is 125 cm³/mol. The van der Waals surface area contributed by atoms with Gasteiger partial charge in [-0.15, -0.1) is 0 Å². The zero-order valence-corrected chi connectivity index (χ0v) is 18.2. The van der Waals surface area contributed by atoms with Crippen LogP contribution in [0.4, 0.5) is 10.1 Å². The summed E-state index contributed by atoms with van der Waals surface area (Å²) in [6.45, 7) is 3.17. The normalized spacial score (nSPS) is 18.8. The minimum atomic E-state index is -0.257. The Kier molecular flexibility index (Phi) is 5.99. The maximum atomic E-state index is 12.3. The molecule has 3 aromatic rings. The second kappa shape index (κ2) is 9.21. The first-order valence-corrected chi connectivity index (χ1v) is 11.4. The lowest BCUT2D eigenvalue weighted by Gasteiger charge is -2.40. The molecule has 2 aliphatic heterocycles. The highest BCUT2D eigenvalue weighted by atomic mass is 19.1. The topological polar surface area (TPSA) is 35.9 Å². The predicted octanol–water partition coefficient (Wildman–Crippen LogP) is 4.97. The first-order valence-electron chi connectivity index (χ1n) is 11.4. The molecule has 5 rings (SSSR count). The summed E-state index contributed by atoms with van der Waals surface area (Å²) >= 11 is 0. The van der Waals surface area contributed by atoms with Crippen molar-refractivity contribution < 1.29 is 14.2 Å². The second-order valence-electron chi connectivity index (χ2n) is 8.68. The molecule has 4 nitrogen and oxygen atoms in total. The molecule has 0 spiro atoms. The molecule has 1 saturated heterocycles. The number of likely N-dealkylation sites (tertiary alicyclic amines) is 1. The van der Waals surface area contributed by atoms with E-state index in [2.05, 4.69) is 64.4 Å². The molecule has 0 aromatic heterocycles. The Morgan fingerprint density at radius 2 is 1.75 bits per heavy atom. The van der Waals surface area contributed by atoms with Crippen molar-refractivity contribution in [1.29, 1.82) is 0 Å². The van der Waals surface area contributed by atoms with Gasteiger partial charge in [-0.1, -0.05) is 36.4 Å². The number of halogens is 1. The largest absolute Gasteiger partial charge is 0.508 e. The van der Waals surface area contributed by atoms with Crippen LogP contribution in [0.25, 0.3) is 0 Å². The molecule has 2 aliphatic rings. The summed E-state index contributed by atoms with van der Waals surface area (Å²) in [5, 5.41) is 9.99. The molecule has 1 atom stereocenters. The van der Waals surface area contributed by atoms with Crippen molar-refractivity contribution >= 4 is 5.69 Å². The van der Waals surface area contributed by atoms with E-state index in [1.807, 2.05) is 12.1 Å². The maximum absolute atomic E-state index is 12.3. The summed E-state index contributed by atoms with van der Waals surface area (Å²) in [6.07, 6.45) is 1.68. The van der Waals surface area contributed by atoms with E-state index < -0.39 is 0 Å². The van der Waals surface area contributed by atoms with Crippen molar-refractivity contribution in [2.45, 2.75) is 25.0 Å². The lowest BCUT2D eigenvalue weighted by molar-refractivity contribution is 0.0184. The van der Waals surface area contributed by atoms with Crippen LogP contribution in [0.1, 0.15) is 29.2 Å². The van der Waals surface area contributed by atoms with Gasteiger partial charge in [-0.2, -0.15) is 0 Å². The van der Waals surface area contributed by atoms with Gasteiger partial charge in [0, 0.05) is 31.9 Å². The average molecular weight is 433 g/mol. The summed E-state index contributed by atoms with van der Waals surface area (Å²) in [7, 11) is 0. The Bertz CT molecular complexity index is 1040. The number of phenolic OH excluding ortho intramolecular Hbond substituents is 1. The first-order chi connectivity index (χ1) is 15.7. The third-order valence-corrected chi connectivity index (χ3v) is 6.47. The number of benzene rings is 3.